The smallest absolute Gasteiger partial charge is 0.308 e. The number of carbonyl (C=O) groups is 1. The summed E-state index contributed by atoms with van der Waals surface area (Å²) in [5.41, 5.74) is 6.11. The van der Waals surface area contributed by atoms with Gasteiger partial charge in [0, 0.05) is 0 Å². The maximum absolute atomic E-state index is 12.3. The monoisotopic (exact) mass is 387 g/mol. The second-order valence-electron chi connectivity index (χ2n) is 7.90. The Morgan fingerprint density at radius 3 is 2.59 bits per heavy atom. The van der Waals surface area contributed by atoms with E-state index >= 15 is 0 Å². The summed E-state index contributed by atoms with van der Waals surface area (Å²) < 4.78 is 5.27. The van der Waals surface area contributed by atoms with Crippen molar-refractivity contribution in [3.05, 3.63) is 71.3 Å². The molecule has 0 saturated carbocycles. The number of hydrogen-bond donors (Lipinski definition) is 1. The van der Waals surface area contributed by atoms with Crippen molar-refractivity contribution in [2.24, 2.45) is 0 Å². The van der Waals surface area contributed by atoms with Crippen molar-refractivity contribution in [1.82, 2.24) is 5.32 Å². The first-order valence-electron chi connectivity index (χ1n) is 10.6. The molecular formula is C26H29NO2. The number of fused-ring (bicyclic) bond motifs is 2. The summed E-state index contributed by atoms with van der Waals surface area (Å²) in [5.74, 6) is -0.137. The number of aryl methyl sites for hydroxylation is 2. The summed E-state index contributed by atoms with van der Waals surface area (Å²) in [6, 6.07) is 19.8. The summed E-state index contributed by atoms with van der Waals surface area (Å²) in [7, 11) is 1.96. The molecule has 3 aromatic rings. The predicted molar refractivity (Wildman–Crippen MR) is 119 cm³/mol. The summed E-state index contributed by atoms with van der Waals surface area (Å²) in [5, 5.41) is 5.97. The lowest BCUT2D eigenvalue weighted by Gasteiger charge is -2.30. The quantitative estimate of drug-likeness (QED) is 0.577. The molecule has 3 nitrogen and oxygen atoms in total. The molecule has 0 bridgehead atoms. The maximum Gasteiger partial charge on any atom is 0.308 e. The minimum atomic E-state index is -0.348. The minimum Gasteiger partial charge on any atom is -0.466 e. The van der Waals surface area contributed by atoms with Crippen LogP contribution in [0.4, 0.5) is 0 Å². The van der Waals surface area contributed by atoms with Crippen molar-refractivity contribution >= 4 is 16.7 Å². The molecule has 0 fully saturated rings. The van der Waals surface area contributed by atoms with Gasteiger partial charge in [0.1, 0.15) is 0 Å². The summed E-state index contributed by atoms with van der Waals surface area (Å²) in [4.78, 5) is 12.3. The second kappa shape index (κ2) is 8.00. The van der Waals surface area contributed by atoms with Crippen LogP contribution in [0, 0.1) is 0 Å². The van der Waals surface area contributed by atoms with E-state index in [1.165, 1.54) is 38.6 Å². The number of hydrogen-bond acceptors (Lipinski definition) is 3. The van der Waals surface area contributed by atoms with Gasteiger partial charge < -0.3 is 10.1 Å². The van der Waals surface area contributed by atoms with E-state index in [2.05, 4.69) is 66.8 Å². The predicted octanol–water partition coefficient (Wildman–Crippen LogP) is 5.38. The Morgan fingerprint density at radius 2 is 1.86 bits per heavy atom. The highest BCUT2D eigenvalue weighted by molar-refractivity contribution is 5.88. The van der Waals surface area contributed by atoms with Gasteiger partial charge in [0.2, 0.25) is 0 Å². The third kappa shape index (κ3) is 3.56. The van der Waals surface area contributed by atoms with Gasteiger partial charge in [-0.2, -0.15) is 0 Å². The number of nitrogens with one attached hydrogen (secondary N) is 1. The first-order chi connectivity index (χ1) is 14.1. The number of carbonyl (C=O) groups excluding carboxylic acids is 1. The van der Waals surface area contributed by atoms with Gasteiger partial charge in [-0.15, -0.1) is 0 Å². The van der Waals surface area contributed by atoms with Crippen molar-refractivity contribution in [2.45, 2.75) is 45.1 Å². The van der Waals surface area contributed by atoms with E-state index in [9.17, 15) is 4.79 Å². The van der Waals surface area contributed by atoms with Crippen LogP contribution in [0.15, 0.2) is 54.6 Å². The molecule has 0 spiro atoms. The van der Waals surface area contributed by atoms with E-state index in [4.69, 9.17) is 4.74 Å². The molecule has 0 radical (unpaired) electrons. The molecule has 0 amide bonds. The molecule has 1 atom stereocenters. The molecule has 3 aromatic carbocycles. The molecule has 0 saturated heterocycles. The second-order valence-corrected chi connectivity index (χ2v) is 7.90. The fraction of sp³-hybridized carbons (Fsp3) is 0.346. The van der Waals surface area contributed by atoms with E-state index in [0.717, 1.165) is 19.3 Å². The van der Waals surface area contributed by atoms with Crippen LogP contribution < -0.4 is 5.32 Å². The van der Waals surface area contributed by atoms with Gasteiger partial charge in [-0.1, -0.05) is 49.4 Å². The summed E-state index contributed by atoms with van der Waals surface area (Å²) >= 11 is 0. The molecule has 0 aromatic heterocycles. The van der Waals surface area contributed by atoms with Crippen LogP contribution in [0.25, 0.3) is 21.9 Å². The van der Waals surface area contributed by atoms with Crippen LogP contribution in [0.1, 0.15) is 43.4 Å². The van der Waals surface area contributed by atoms with Gasteiger partial charge in [-0.05, 0) is 84.0 Å². The minimum absolute atomic E-state index is 0.137. The lowest BCUT2D eigenvalue weighted by atomic mass is 9.84. The Morgan fingerprint density at radius 1 is 1.07 bits per heavy atom. The van der Waals surface area contributed by atoms with Crippen LogP contribution in [0.2, 0.25) is 0 Å². The Balaban J connectivity index is 1.82. The molecule has 3 heteroatoms. The largest absolute Gasteiger partial charge is 0.466 e. The third-order valence-electron chi connectivity index (χ3n) is 6.34. The van der Waals surface area contributed by atoms with Crippen molar-refractivity contribution < 1.29 is 9.53 Å². The molecule has 1 aliphatic carbocycles. The van der Waals surface area contributed by atoms with Crippen molar-refractivity contribution in [1.29, 1.82) is 0 Å². The molecule has 1 unspecified atom stereocenters. The Bertz CT molecular complexity index is 1060. The summed E-state index contributed by atoms with van der Waals surface area (Å²) in [6.45, 7) is 4.49. The zero-order valence-electron chi connectivity index (χ0n) is 17.5. The molecule has 0 aliphatic heterocycles. The van der Waals surface area contributed by atoms with Crippen molar-refractivity contribution in [3.63, 3.8) is 0 Å². The molecular weight excluding hydrogens is 358 g/mol. The van der Waals surface area contributed by atoms with E-state index in [1.54, 1.807) is 0 Å². The van der Waals surface area contributed by atoms with Gasteiger partial charge in [0.15, 0.2) is 0 Å². The van der Waals surface area contributed by atoms with Gasteiger partial charge in [-0.3, -0.25) is 4.79 Å². The molecule has 0 heterocycles. The highest BCUT2D eigenvalue weighted by Crippen LogP contribution is 2.43. The van der Waals surface area contributed by atoms with Crippen LogP contribution in [0.3, 0.4) is 0 Å². The first kappa shape index (κ1) is 19.7. The van der Waals surface area contributed by atoms with Gasteiger partial charge >= 0.3 is 5.97 Å². The number of benzene rings is 3. The van der Waals surface area contributed by atoms with E-state index in [-0.39, 0.29) is 11.5 Å². The van der Waals surface area contributed by atoms with E-state index in [0.29, 0.717) is 13.0 Å². The fourth-order valence-corrected chi connectivity index (χ4v) is 4.74. The molecule has 29 heavy (non-hydrogen) atoms. The zero-order chi connectivity index (χ0) is 20.4. The molecule has 1 N–H and O–H groups in total. The Labute approximate surface area is 173 Å². The van der Waals surface area contributed by atoms with Crippen LogP contribution in [-0.4, -0.2) is 19.6 Å². The van der Waals surface area contributed by atoms with Crippen LogP contribution in [-0.2, 0) is 27.9 Å². The van der Waals surface area contributed by atoms with Gasteiger partial charge in [-0.25, -0.2) is 0 Å². The summed E-state index contributed by atoms with van der Waals surface area (Å²) in [6.07, 6.45) is 3.26. The lowest BCUT2D eigenvalue weighted by molar-refractivity contribution is -0.145. The maximum atomic E-state index is 12.3. The molecule has 150 valence electrons. The number of rotatable bonds is 6. The van der Waals surface area contributed by atoms with Gasteiger partial charge in [0.05, 0.1) is 18.6 Å². The molecule has 1 aliphatic rings. The standard InChI is InChI=1S/C26H29NO2/c1-4-18-14-22-12-13-26(27-3,17-25(28)29-5-2)24(22)16-23(18)21-11-10-19-8-6-7-9-20(19)15-21/h6-11,14-16,27H,4-5,12-13,17H2,1-3H3. The normalized spacial score (nSPS) is 18.0. The highest BCUT2D eigenvalue weighted by Gasteiger charge is 2.40. The fourth-order valence-electron chi connectivity index (χ4n) is 4.74. The zero-order valence-corrected chi connectivity index (χ0v) is 17.5. The Hall–Kier alpha value is -2.65. The highest BCUT2D eigenvalue weighted by atomic mass is 16.5. The van der Waals surface area contributed by atoms with Crippen molar-refractivity contribution in [3.8, 4) is 11.1 Å². The van der Waals surface area contributed by atoms with E-state index in [1.807, 2.05) is 14.0 Å². The number of esters is 1. The number of ether oxygens (including phenoxy) is 1. The van der Waals surface area contributed by atoms with E-state index < -0.39 is 0 Å². The average Bonchev–Trinajstić information content (AvgIpc) is 3.10. The topological polar surface area (TPSA) is 38.3 Å². The van der Waals surface area contributed by atoms with Crippen LogP contribution in [0.5, 0.6) is 0 Å². The first-order valence-corrected chi connectivity index (χ1v) is 10.6. The third-order valence-corrected chi connectivity index (χ3v) is 6.34. The average molecular weight is 388 g/mol. The van der Waals surface area contributed by atoms with Crippen LogP contribution >= 0.6 is 0 Å². The van der Waals surface area contributed by atoms with Crippen molar-refractivity contribution in [2.75, 3.05) is 13.7 Å². The lowest BCUT2D eigenvalue weighted by Crippen LogP contribution is -2.40. The SMILES string of the molecule is CCOC(=O)CC1(NC)CCc2cc(CC)c(-c3ccc4ccccc4c3)cc21. The Kier molecular flexibility index (Phi) is 5.42. The van der Waals surface area contributed by atoms with Gasteiger partial charge in [0.25, 0.3) is 0 Å². The molecule has 4 rings (SSSR count).